The van der Waals surface area contributed by atoms with Gasteiger partial charge >= 0.3 is 5.69 Å². The van der Waals surface area contributed by atoms with Gasteiger partial charge < -0.3 is 19.3 Å². The molecule has 3 aliphatic heterocycles. The molecule has 0 aliphatic carbocycles. The van der Waals surface area contributed by atoms with Crippen LogP contribution >= 0.6 is 0 Å². The maximum atomic E-state index is 12.1. The lowest BCUT2D eigenvalue weighted by Crippen LogP contribution is -2.46. The van der Waals surface area contributed by atoms with Gasteiger partial charge in [0.25, 0.3) is 0 Å². The number of rotatable bonds is 5. The van der Waals surface area contributed by atoms with Crippen LogP contribution in [0.25, 0.3) is 11.0 Å². The van der Waals surface area contributed by atoms with E-state index in [1.807, 2.05) is 18.2 Å². The molecule has 3 aromatic rings. The van der Waals surface area contributed by atoms with Crippen LogP contribution in [0.3, 0.4) is 0 Å². The zero-order valence-corrected chi connectivity index (χ0v) is 19.5. The van der Waals surface area contributed by atoms with Gasteiger partial charge in [0.1, 0.15) is 5.69 Å². The van der Waals surface area contributed by atoms with Crippen molar-refractivity contribution in [3.63, 3.8) is 0 Å². The Bertz CT molecular complexity index is 1230. The van der Waals surface area contributed by atoms with Gasteiger partial charge in [-0.2, -0.15) is 0 Å². The van der Waals surface area contributed by atoms with E-state index in [4.69, 9.17) is 14.1 Å². The fourth-order valence-corrected chi connectivity index (χ4v) is 5.32. The molecule has 2 saturated heterocycles. The van der Waals surface area contributed by atoms with Crippen LogP contribution in [0, 0.1) is 10.1 Å². The summed E-state index contributed by atoms with van der Waals surface area (Å²) in [5.74, 6) is 1.59. The molecule has 0 amide bonds. The third kappa shape index (κ3) is 4.20. The van der Waals surface area contributed by atoms with Crippen molar-refractivity contribution in [1.82, 2.24) is 15.2 Å². The Balaban J connectivity index is 1.24. The lowest BCUT2D eigenvalue weighted by atomic mass is 10.1. The number of nitro benzene ring substituents is 1. The molecule has 3 aliphatic rings. The molecular weight excluding hydrogens is 452 g/mol. The molecule has 1 aromatic heterocycles. The molecule has 2 fully saturated rings. The quantitative estimate of drug-likeness (QED) is 0.397. The van der Waals surface area contributed by atoms with E-state index >= 15 is 0 Å². The smallest absolute Gasteiger partial charge is 0.323 e. The predicted molar refractivity (Wildman–Crippen MR) is 129 cm³/mol. The Kier molecular flexibility index (Phi) is 5.77. The van der Waals surface area contributed by atoms with Crippen LogP contribution in [0.5, 0.6) is 11.5 Å². The molecule has 0 saturated carbocycles. The molecule has 11 heteroatoms. The average Bonchev–Trinajstić information content (AvgIpc) is 3.46. The number of nitro groups is 1. The number of benzene rings is 2. The molecule has 6 rings (SSSR count). The maximum absolute atomic E-state index is 12.1. The second-order valence-electron chi connectivity index (χ2n) is 9.33. The van der Waals surface area contributed by atoms with E-state index in [0.717, 1.165) is 88.7 Å². The van der Waals surface area contributed by atoms with Crippen LogP contribution in [0.2, 0.25) is 0 Å². The van der Waals surface area contributed by atoms with Crippen molar-refractivity contribution in [3.05, 3.63) is 39.9 Å². The molecule has 0 radical (unpaired) electrons. The maximum Gasteiger partial charge on any atom is 0.323 e. The second kappa shape index (κ2) is 9.21. The van der Waals surface area contributed by atoms with Gasteiger partial charge in [0.15, 0.2) is 17.0 Å². The van der Waals surface area contributed by atoms with E-state index < -0.39 is 0 Å². The molecule has 11 nitrogen and oxygen atoms in total. The molecule has 184 valence electrons. The number of ether oxygens (including phenoxy) is 2. The van der Waals surface area contributed by atoms with E-state index in [1.54, 1.807) is 0 Å². The van der Waals surface area contributed by atoms with Gasteiger partial charge in [-0.15, -0.1) is 0 Å². The molecule has 35 heavy (non-hydrogen) atoms. The van der Waals surface area contributed by atoms with Gasteiger partial charge in [0, 0.05) is 45.8 Å². The third-order valence-corrected chi connectivity index (χ3v) is 7.16. The Morgan fingerprint density at radius 2 is 1.54 bits per heavy atom. The van der Waals surface area contributed by atoms with Crippen molar-refractivity contribution in [1.29, 1.82) is 0 Å². The van der Waals surface area contributed by atoms with Gasteiger partial charge in [0.05, 0.1) is 10.6 Å². The second-order valence-corrected chi connectivity index (χ2v) is 9.33. The van der Waals surface area contributed by atoms with Crippen LogP contribution in [0.4, 0.5) is 17.1 Å². The van der Waals surface area contributed by atoms with Crippen LogP contribution in [0.15, 0.2) is 28.9 Å². The summed E-state index contributed by atoms with van der Waals surface area (Å²) in [6, 6.07) is 8.02. The van der Waals surface area contributed by atoms with Crippen molar-refractivity contribution in [2.24, 2.45) is 0 Å². The summed E-state index contributed by atoms with van der Waals surface area (Å²) in [6.45, 7) is 5.99. The lowest BCUT2D eigenvalue weighted by molar-refractivity contribution is -0.382. The van der Waals surface area contributed by atoms with Crippen LogP contribution < -0.4 is 19.3 Å². The third-order valence-electron chi connectivity index (χ3n) is 7.16. The van der Waals surface area contributed by atoms with Crippen molar-refractivity contribution >= 4 is 28.1 Å². The summed E-state index contributed by atoms with van der Waals surface area (Å²) in [5.41, 5.74) is 3.35. The summed E-state index contributed by atoms with van der Waals surface area (Å²) < 4.78 is 15.9. The number of hydrogen-bond donors (Lipinski definition) is 0. The van der Waals surface area contributed by atoms with E-state index in [-0.39, 0.29) is 22.9 Å². The summed E-state index contributed by atoms with van der Waals surface area (Å²) in [5, 5.41) is 20.1. The molecule has 0 spiro atoms. The minimum atomic E-state index is -0.347. The van der Waals surface area contributed by atoms with Crippen molar-refractivity contribution in [2.75, 3.05) is 55.9 Å². The van der Waals surface area contributed by atoms with E-state index in [1.165, 1.54) is 5.56 Å². The van der Waals surface area contributed by atoms with Gasteiger partial charge in [-0.1, -0.05) is 18.9 Å². The van der Waals surface area contributed by atoms with Gasteiger partial charge in [-0.25, -0.2) is 4.63 Å². The first-order valence-corrected chi connectivity index (χ1v) is 12.2. The highest BCUT2D eigenvalue weighted by Gasteiger charge is 2.31. The monoisotopic (exact) mass is 480 g/mol. The van der Waals surface area contributed by atoms with Gasteiger partial charge in [-0.05, 0) is 46.9 Å². The number of nitrogens with zero attached hydrogens (tertiary/aromatic N) is 6. The first-order valence-electron chi connectivity index (χ1n) is 12.2. The van der Waals surface area contributed by atoms with E-state index in [0.29, 0.717) is 11.2 Å². The largest absolute Gasteiger partial charge is 0.454 e. The Morgan fingerprint density at radius 3 is 2.31 bits per heavy atom. The SMILES string of the molecule is O=[N+]([O-])c1c(N2CCCCCC2)cc(N2CCN(Cc3ccc4c(c3)OCO4)CC2)c2nonc12. The molecular formula is C24H28N6O5. The molecule has 4 heterocycles. The average molecular weight is 481 g/mol. The molecule has 0 unspecified atom stereocenters. The standard InChI is InChI=1S/C24H28N6O5/c31-30(32)24-19(28-7-3-1-2-4-8-28)14-18(22-23(24)26-35-25-22)29-11-9-27(10-12-29)15-17-5-6-20-21(13-17)34-16-33-20/h5-6,13-14H,1-4,7-12,15-16H2. The first-order chi connectivity index (χ1) is 17.2. The van der Waals surface area contributed by atoms with Crippen molar-refractivity contribution in [2.45, 2.75) is 32.2 Å². The Labute approximate surface area is 202 Å². The highest BCUT2D eigenvalue weighted by Crippen LogP contribution is 2.41. The number of hydrogen-bond acceptors (Lipinski definition) is 10. The van der Waals surface area contributed by atoms with E-state index in [9.17, 15) is 10.1 Å². The number of fused-ring (bicyclic) bond motifs is 2. The Morgan fingerprint density at radius 1 is 0.829 bits per heavy atom. The molecule has 0 N–H and O–H groups in total. The van der Waals surface area contributed by atoms with Crippen LogP contribution in [-0.4, -0.2) is 66.2 Å². The molecule has 0 atom stereocenters. The van der Waals surface area contributed by atoms with Crippen molar-refractivity contribution < 1.29 is 19.0 Å². The zero-order valence-electron chi connectivity index (χ0n) is 19.5. The minimum absolute atomic E-state index is 0.00616. The summed E-state index contributed by atoms with van der Waals surface area (Å²) in [6.07, 6.45) is 4.35. The number of aromatic nitrogens is 2. The zero-order chi connectivity index (χ0) is 23.8. The number of anilines is 2. The summed E-state index contributed by atoms with van der Waals surface area (Å²) in [4.78, 5) is 18.5. The lowest BCUT2D eigenvalue weighted by Gasteiger charge is -2.36. The fraction of sp³-hybridized carbons (Fsp3) is 0.500. The molecule has 0 bridgehead atoms. The highest BCUT2D eigenvalue weighted by molar-refractivity contribution is 6.00. The van der Waals surface area contributed by atoms with Crippen LogP contribution in [-0.2, 0) is 6.54 Å². The topological polar surface area (TPSA) is 110 Å². The normalized spacial score (nSPS) is 18.7. The minimum Gasteiger partial charge on any atom is -0.454 e. The fourth-order valence-electron chi connectivity index (χ4n) is 5.32. The predicted octanol–water partition coefficient (Wildman–Crippen LogP) is 3.56. The number of piperazine rings is 1. The summed E-state index contributed by atoms with van der Waals surface area (Å²) >= 11 is 0. The van der Waals surface area contributed by atoms with Crippen molar-refractivity contribution in [3.8, 4) is 11.5 Å². The highest BCUT2D eigenvalue weighted by atomic mass is 16.7. The Hall–Kier alpha value is -3.60. The molecule has 2 aromatic carbocycles. The first kappa shape index (κ1) is 21.9. The summed E-state index contributed by atoms with van der Waals surface area (Å²) in [7, 11) is 0. The van der Waals surface area contributed by atoms with Crippen LogP contribution in [0.1, 0.15) is 31.2 Å². The van der Waals surface area contributed by atoms with E-state index in [2.05, 4.69) is 31.1 Å². The van der Waals surface area contributed by atoms with Gasteiger partial charge in [-0.3, -0.25) is 15.0 Å². The van der Waals surface area contributed by atoms with Gasteiger partial charge in [0.2, 0.25) is 12.3 Å².